The summed E-state index contributed by atoms with van der Waals surface area (Å²) in [6.07, 6.45) is 0.868. The number of anilines is 1. The van der Waals surface area contributed by atoms with E-state index >= 15 is 0 Å². The zero-order valence-electron chi connectivity index (χ0n) is 12.7. The third-order valence-corrected chi connectivity index (χ3v) is 3.18. The summed E-state index contributed by atoms with van der Waals surface area (Å²) in [5.74, 6) is 0.841. The number of carbonyl (C=O) groups excluding carboxylic acids is 1. The number of primary amides is 1. The van der Waals surface area contributed by atoms with Gasteiger partial charge in [0.15, 0.2) is 5.69 Å². The van der Waals surface area contributed by atoms with Gasteiger partial charge >= 0.3 is 0 Å². The van der Waals surface area contributed by atoms with Crippen LogP contribution >= 0.6 is 0 Å². The molecule has 1 aromatic carbocycles. The Labute approximate surface area is 129 Å². The lowest BCUT2D eigenvalue weighted by Crippen LogP contribution is -2.26. The van der Waals surface area contributed by atoms with E-state index in [4.69, 9.17) is 10.5 Å². The monoisotopic (exact) mass is 300 g/mol. The summed E-state index contributed by atoms with van der Waals surface area (Å²) >= 11 is 0. The lowest BCUT2D eigenvalue weighted by molar-refractivity contribution is 0.0994. The molecule has 6 nitrogen and oxygen atoms in total. The Morgan fingerprint density at radius 1 is 1.32 bits per heavy atom. The van der Waals surface area contributed by atoms with Crippen molar-refractivity contribution < 1.29 is 9.53 Å². The zero-order valence-corrected chi connectivity index (χ0v) is 12.7. The van der Waals surface area contributed by atoms with E-state index in [0.29, 0.717) is 12.4 Å². The third-order valence-electron chi connectivity index (χ3n) is 3.18. The van der Waals surface area contributed by atoms with Crippen molar-refractivity contribution in [1.29, 1.82) is 0 Å². The predicted octanol–water partition coefficient (Wildman–Crippen LogP) is 2.15. The summed E-state index contributed by atoms with van der Waals surface area (Å²) in [6, 6.07) is 11.2. The molecule has 116 valence electrons. The first-order valence-electron chi connectivity index (χ1n) is 7.19. The van der Waals surface area contributed by atoms with Crippen molar-refractivity contribution in [3.63, 3.8) is 0 Å². The number of nitrogens with two attached hydrogens (primary N) is 1. The number of rotatable bonds is 7. The number of nitrogens with zero attached hydrogens (tertiary/aromatic N) is 2. The molecule has 3 N–H and O–H groups in total. The zero-order chi connectivity index (χ0) is 15.9. The van der Waals surface area contributed by atoms with Crippen molar-refractivity contribution in [3.8, 4) is 5.75 Å². The SMILES string of the molecule is CCC(CNc1ccc(C(N)=O)nn1)Oc1cccc(C)c1. The highest BCUT2D eigenvalue weighted by Gasteiger charge is 2.09. The number of nitrogens with one attached hydrogen (secondary N) is 1. The topological polar surface area (TPSA) is 90.1 Å². The van der Waals surface area contributed by atoms with Gasteiger partial charge in [0.1, 0.15) is 17.7 Å². The number of amides is 1. The number of hydrogen-bond acceptors (Lipinski definition) is 5. The van der Waals surface area contributed by atoms with E-state index in [9.17, 15) is 4.79 Å². The molecule has 0 aliphatic rings. The smallest absolute Gasteiger partial charge is 0.269 e. The number of aromatic nitrogens is 2. The van der Waals surface area contributed by atoms with Gasteiger partial charge < -0.3 is 15.8 Å². The summed E-state index contributed by atoms with van der Waals surface area (Å²) in [4.78, 5) is 10.9. The fraction of sp³-hybridized carbons (Fsp3) is 0.312. The van der Waals surface area contributed by atoms with E-state index in [1.807, 2.05) is 31.2 Å². The average molecular weight is 300 g/mol. The Morgan fingerprint density at radius 2 is 2.14 bits per heavy atom. The van der Waals surface area contributed by atoms with E-state index < -0.39 is 5.91 Å². The maximum absolute atomic E-state index is 10.9. The summed E-state index contributed by atoms with van der Waals surface area (Å²) in [7, 11) is 0. The van der Waals surface area contributed by atoms with Gasteiger partial charge in [0.05, 0.1) is 6.54 Å². The predicted molar refractivity (Wildman–Crippen MR) is 84.9 cm³/mol. The van der Waals surface area contributed by atoms with Crippen LogP contribution in [0.5, 0.6) is 5.75 Å². The first-order chi connectivity index (χ1) is 10.6. The lowest BCUT2D eigenvalue weighted by Gasteiger charge is -2.18. The van der Waals surface area contributed by atoms with Crippen LogP contribution in [-0.4, -0.2) is 28.8 Å². The normalized spacial score (nSPS) is 11.7. The Bertz CT molecular complexity index is 628. The van der Waals surface area contributed by atoms with Crippen molar-refractivity contribution in [3.05, 3.63) is 47.7 Å². The minimum absolute atomic E-state index is 0.0133. The van der Waals surface area contributed by atoms with Crippen LogP contribution in [0.15, 0.2) is 36.4 Å². The summed E-state index contributed by atoms with van der Waals surface area (Å²) < 4.78 is 5.94. The molecule has 0 spiro atoms. The van der Waals surface area contributed by atoms with Crippen LogP contribution < -0.4 is 15.8 Å². The van der Waals surface area contributed by atoms with Gasteiger partial charge in [-0.25, -0.2) is 0 Å². The van der Waals surface area contributed by atoms with Crippen molar-refractivity contribution in [2.75, 3.05) is 11.9 Å². The maximum atomic E-state index is 10.9. The van der Waals surface area contributed by atoms with E-state index in [1.54, 1.807) is 12.1 Å². The first kappa shape index (κ1) is 15.8. The molecule has 1 amide bonds. The van der Waals surface area contributed by atoms with Crippen molar-refractivity contribution in [2.45, 2.75) is 26.4 Å². The van der Waals surface area contributed by atoms with Gasteiger partial charge in [-0.3, -0.25) is 4.79 Å². The number of benzene rings is 1. The van der Waals surface area contributed by atoms with Gasteiger partial charge in [-0.2, -0.15) is 0 Å². The quantitative estimate of drug-likeness (QED) is 0.817. The number of hydrogen-bond donors (Lipinski definition) is 2. The number of carbonyl (C=O) groups is 1. The van der Waals surface area contributed by atoms with Gasteiger partial charge in [0.25, 0.3) is 5.91 Å². The molecule has 0 saturated heterocycles. The van der Waals surface area contributed by atoms with Gasteiger partial charge in [-0.05, 0) is 43.2 Å². The average Bonchev–Trinajstić information content (AvgIpc) is 2.52. The highest BCUT2D eigenvalue weighted by molar-refractivity contribution is 5.90. The van der Waals surface area contributed by atoms with E-state index in [-0.39, 0.29) is 11.8 Å². The molecule has 0 aliphatic heterocycles. The number of ether oxygens (including phenoxy) is 1. The van der Waals surface area contributed by atoms with Crippen LogP contribution in [0.1, 0.15) is 29.4 Å². The minimum Gasteiger partial charge on any atom is -0.489 e. The standard InChI is InChI=1S/C16H20N4O2/c1-3-12(22-13-6-4-5-11(2)9-13)10-18-15-8-7-14(16(17)21)19-20-15/h4-9,12H,3,10H2,1-2H3,(H2,17,21)(H,18,20). The van der Waals surface area contributed by atoms with Crippen molar-refractivity contribution in [1.82, 2.24) is 10.2 Å². The van der Waals surface area contributed by atoms with E-state index in [2.05, 4.69) is 22.4 Å². The molecule has 0 fully saturated rings. The molecule has 2 rings (SSSR count). The first-order valence-corrected chi connectivity index (χ1v) is 7.19. The Morgan fingerprint density at radius 3 is 2.73 bits per heavy atom. The maximum Gasteiger partial charge on any atom is 0.269 e. The summed E-state index contributed by atoms with van der Waals surface area (Å²) in [5.41, 5.74) is 6.43. The summed E-state index contributed by atoms with van der Waals surface area (Å²) in [6.45, 7) is 4.68. The molecule has 0 bridgehead atoms. The van der Waals surface area contributed by atoms with Crippen LogP contribution in [-0.2, 0) is 0 Å². The Balaban J connectivity index is 1.91. The second-order valence-corrected chi connectivity index (χ2v) is 5.01. The molecular weight excluding hydrogens is 280 g/mol. The van der Waals surface area contributed by atoms with Crippen molar-refractivity contribution >= 4 is 11.7 Å². The molecule has 0 saturated carbocycles. The third kappa shape index (κ3) is 4.44. The second-order valence-electron chi connectivity index (χ2n) is 5.01. The van der Waals surface area contributed by atoms with Gasteiger partial charge in [-0.15, -0.1) is 10.2 Å². The fourth-order valence-corrected chi connectivity index (χ4v) is 1.93. The molecule has 6 heteroatoms. The van der Waals surface area contributed by atoms with Crippen LogP contribution in [0.3, 0.4) is 0 Å². The molecule has 1 heterocycles. The van der Waals surface area contributed by atoms with Crippen LogP contribution in [0.4, 0.5) is 5.82 Å². The fourth-order valence-electron chi connectivity index (χ4n) is 1.93. The van der Waals surface area contributed by atoms with Crippen molar-refractivity contribution in [2.24, 2.45) is 5.73 Å². The van der Waals surface area contributed by atoms with Crippen LogP contribution in [0.25, 0.3) is 0 Å². The van der Waals surface area contributed by atoms with Gasteiger partial charge in [-0.1, -0.05) is 19.1 Å². The molecule has 1 unspecified atom stereocenters. The van der Waals surface area contributed by atoms with E-state index in [0.717, 1.165) is 17.7 Å². The molecule has 0 radical (unpaired) electrons. The highest BCUT2D eigenvalue weighted by Crippen LogP contribution is 2.15. The van der Waals surface area contributed by atoms with Gasteiger partial charge in [0.2, 0.25) is 0 Å². The molecular formula is C16H20N4O2. The highest BCUT2D eigenvalue weighted by atomic mass is 16.5. The molecule has 22 heavy (non-hydrogen) atoms. The largest absolute Gasteiger partial charge is 0.489 e. The van der Waals surface area contributed by atoms with Gasteiger partial charge in [0, 0.05) is 0 Å². The van der Waals surface area contributed by atoms with Crippen LogP contribution in [0, 0.1) is 6.92 Å². The van der Waals surface area contributed by atoms with E-state index in [1.165, 1.54) is 0 Å². The summed E-state index contributed by atoms with van der Waals surface area (Å²) in [5, 5.41) is 10.8. The van der Waals surface area contributed by atoms with Crippen LogP contribution in [0.2, 0.25) is 0 Å². The lowest BCUT2D eigenvalue weighted by atomic mass is 10.2. The molecule has 1 atom stereocenters. The minimum atomic E-state index is -0.590. The molecule has 2 aromatic rings. The number of aryl methyl sites for hydroxylation is 1. The Hall–Kier alpha value is -2.63. The molecule has 1 aromatic heterocycles. The Kier molecular flexibility index (Phi) is 5.30. The second kappa shape index (κ2) is 7.40. The molecule has 0 aliphatic carbocycles.